The first-order valence-electron chi connectivity index (χ1n) is 1.90. The zero-order valence-corrected chi connectivity index (χ0v) is 4.10. The van der Waals surface area contributed by atoms with Crippen molar-refractivity contribution in [3.8, 4) is 0 Å². The number of nitrogens with one attached hydrogen (secondary N) is 2. The van der Waals surface area contributed by atoms with Crippen LogP contribution in [-0.4, -0.2) is 11.9 Å². The van der Waals surface area contributed by atoms with Crippen LogP contribution < -0.4 is 5.73 Å². The summed E-state index contributed by atoms with van der Waals surface area (Å²) in [5.74, 6) is -0.0833. The van der Waals surface area contributed by atoms with Crippen molar-refractivity contribution in [2.45, 2.75) is 13.0 Å². The Morgan fingerprint density at radius 3 is 2.29 bits per heavy atom. The molecule has 0 rings (SSSR count). The Kier molecular flexibility index (Phi) is 2.15. The molecule has 4 N–H and O–H groups in total. The molecule has 0 aliphatic carbocycles. The lowest BCUT2D eigenvalue weighted by molar-refractivity contribution is 0.927. The molecule has 0 aliphatic rings. The minimum atomic E-state index is -0.405. The molecule has 0 amide bonds. The molecule has 0 aromatic heterocycles. The Balaban J connectivity index is 3.56. The van der Waals surface area contributed by atoms with Crippen LogP contribution in [0.15, 0.2) is 5.11 Å². The first kappa shape index (κ1) is 6.23. The summed E-state index contributed by atoms with van der Waals surface area (Å²) >= 11 is 0. The molecule has 40 valence electrons. The third-order valence-electron chi connectivity index (χ3n) is 0.552. The predicted molar refractivity (Wildman–Crippen MR) is 26.5 cm³/mol. The van der Waals surface area contributed by atoms with Crippen molar-refractivity contribution in [1.82, 2.24) is 0 Å². The number of rotatable bonds is 1. The molecule has 0 heterocycles. The summed E-state index contributed by atoms with van der Waals surface area (Å²) in [7, 11) is 0. The van der Waals surface area contributed by atoms with Crippen LogP contribution in [0, 0.1) is 10.9 Å². The highest BCUT2D eigenvalue weighted by Crippen LogP contribution is 1.78. The van der Waals surface area contributed by atoms with Crippen molar-refractivity contribution < 1.29 is 0 Å². The van der Waals surface area contributed by atoms with E-state index in [1.54, 1.807) is 6.92 Å². The molecule has 0 aromatic carbocycles. The molecule has 0 spiro atoms. The average molecular weight is 100 g/mol. The van der Waals surface area contributed by atoms with Gasteiger partial charge < -0.3 is 5.73 Å². The fourth-order valence-corrected chi connectivity index (χ4v) is 0.102. The Morgan fingerprint density at radius 2 is 2.29 bits per heavy atom. The standard InChI is InChI=1S/C3H8N4/c1-2(4)3(5)7-6/h2,5-6H,4H2,1H3. The summed E-state index contributed by atoms with van der Waals surface area (Å²) in [6.45, 7) is 1.61. The molecule has 0 fully saturated rings. The van der Waals surface area contributed by atoms with Gasteiger partial charge >= 0.3 is 0 Å². The Hall–Kier alpha value is -0.770. The highest BCUT2D eigenvalue weighted by Gasteiger charge is 1.96. The van der Waals surface area contributed by atoms with Crippen LogP contribution in [-0.2, 0) is 0 Å². The Bertz CT molecular complexity index is 84.9. The van der Waals surface area contributed by atoms with Gasteiger partial charge in [-0.3, -0.25) is 5.41 Å². The quantitative estimate of drug-likeness (QED) is 0.248. The molecule has 0 saturated heterocycles. The first-order chi connectivity index (χ1) is 3.18. The molecule has 4 heteroatoms. The largest absolute Gasteiger partial charge is 0.322 e. The van der Waals surface area contributed by atoms with E-state index in [2.05, 4.69) is 5.11 Å². The summed E-state index contributed by atoms with van der Waals surface area (Å²) in [4.78, 5) is 0. The number of hydrogen-bond donors (Lipinski definition) is 3. The fourth-order valence-electron chi connectivity index (χ4n) is 0.102. The lowest BCUT2D eigenvalue weighted by Crippen LogP contribution is -2.23. The second-order valence-electron chi connectivity index (χ2n) is 1.29. The summed E-state index contributed by atoms with van der Waals surface area (Å²) in [6, 6.07) is -0.405. The van der Waals surface area contributed by atoms with Gasteiger partial charge in [0.2, 0.25) is 0 Å². The van der Waals surface area contributed by atoms with Gasteiger partial charge in [0.1, 0.15) is 0 Å². The van der Waals surface area contributed by atoms with E-state index in [0.29, 0.717) is 0 Å². The molecule has 1 unspecified atom stereocenters. The topological polar surface area (TPSA) is 86.1 Å². The third kappa shape index (κ3) is 1.99. The van der Waals surface area contributed by atoms with Crippen LogP contribution in [0.2, 0.25) is 0 Å². The summed E-state index contributed by atoms with van der Waals surface area (Å²) in [5.41, 5.74) is 11.4. The van der Waals surface area contributed by atoms with Crippen LogP contribution >= 0.6 is 0 Å². The predicted octanol–water partition coefficient (Wildman–Crippen LogP) is 0.342. The SMILES string of the molecule is CC(N)C(=N)N=N. The van der Waals surface area contributed by atoms with Crippen molar-refractivity contribution in [1.29, 1.82) is 10.9 Å². The molecule has 0 bridgehead atoms. The maximum atomic E-state index is 6.71. The maximum Gasteiger partial charge on any atom is 0.159 e. The second kappa shape index (κ2) is 2.41. The third-order valence-corrected chi connectivity index (χ3v) is 0.552. The molecule has 0 aromatic rings. The van der Waals surface area contributed by atoms with Gasteiger partial charge in [-0.15, -0.1) is 5.11 Å². The lowest BCUT2D eigenvalue weighted by Gasteiger charge is -1.95. The van der Waals surface area contributed by atoms with Gasteiger partial charge in [-0.25, -0.2) is 5.53 Å². The first-order valence-corrected chi connectivity index (χ1v) is 1.90. The molecular formula is C3H8N4. The van der Waals surface area contributed by atoms with Crippen molar-refractivity contribution in [2.75, 3.05) is 0 Å². The number of nitrogens with two attached hydrogens (primary N) is 1. The van der Waals surface area contributed by atoms with Crippen LogP contribution in [0.1, 0.15) is 6.92 Å². The lowest BCUT2D eigenvalue weighted by atomic mass is 10.3. The van der Waals surface area contributed by atoms with E-state index in [9.17, 15) is 0 Å². The number of nitrogens with zero attached hydrogens (tertiary/aromatic N) is 1. The number of hydrogen-bond acceptors (Lipinski definition) is 3. The van der Waals surface area contributed by atoms with E-state index in [4.69, 9.17) is 16.7 Å². The van der Waals surface area contributed by atoms with Gasteiger partial charge in [0.05, 0.1) is 6.04 Å². The van der Waals surface area contributed by atoms with E-state index >= 15 is 0 Å². The number of amidine groups is 1. The minimum absolute atomic E-state index is 0.0833. The highest BCUT2D eigenvalue weighted by atomic mass is 15.0. The summed E-state index contributed by atoms with van der Waals surface area (Å²) in [5, 5.41) is 9.51. The van der Waals surface area contributed by atoms with E-state index in [1.807, 2.05) is 0 Å². The monoisotopic (exact) mass is 100 g/mol. The van der Waals surface area contributed by atoms with E-state index in [0.717, 1.165) is 0 Å². The second-order valence-corrected chi connectivity index (χ2v) is 1.29. The van der Waals surface area contributed by atoms with Crippen LogP contribution in [0.3, 0.4) is 0 Å². The minimum Gasteiger partial charge on any atom is -0.322 e. The van der Waals surface area contributed by atoms with Crippen LogP contribution in [0.25, 0.3) is 0 Å². The zero-order chi connectivity index (χ0) is 5.86. The van der Waals surface area contributed by atoms with Crippen molar-refractivity contribution >= 4 is 5.84 Å². The van der Waals surface area contributed by atoms with Gasteiger partial charge in [-0.05, 0) is 6.92 Å². The van der Waals surface area contributed by atoms with Gasteiger partial charge in [0.25, 0.3) is 0 Å². The smallest absolute Gasteiger partial charge is 0.159 e. The summed E-state index contributed by atoms with van der Waals surface area (Å²) in [6.07, 6.45) is 0. The maximum absolute atomic E-state index is 6.71. The highest BCUT2D eigenvalue weighted by molar-refractivity contribution is 5.83. The van der Waals surface area contributed by atoms with Crippen molar-refractivity contribution in [3.05, 3.63) is 0 Å². The van der Waals surface area contributed by atoms with Crippen molar-refractivity contribution in [3.63, 3.8) is 0 Å². The summed E-state index contributed by atoms with van der Waals surface area (Å²) < 4.78 is 0. The normalized spacial score (nSPS) is 12.9. The zero-order valence-electron chi connectivity index (χ0n) is 4.10. The van der Waals surface area contributed by atoms with Gasteiger partial charge in [0, 0.05) is 0 Å². The molecular weight excluding hydrogens is 92.1 g/mol. The average Bonchev–Trinajstić information content (AvgIpc) is 1.65. The van der Waals surface area contributed by atoms with Crippen molar-refractivity contribution in [2.24, 2.45) is 10.8 Å². The molecule has 1 atom stereocenters. The molecule has 0 aliphatic heterocycles. The molecule has 4 nitrogen and oxygen atoms in total. The van der Waals surface area contributed by atoms with E-state index in [-0.39, 0.29) is 5.84 Å². The molecule has 0 saturated carbocycles. The molecule has 7 heavy (non-hydrogen) atoms. The van der Waals surface area contributed by atoms with Gasteiger partial charge in [-0.2, -0.15) is 0 Å². The van der Waals surface area contributed by atoms with E-state index < -0.39 is 6.04 Å². The van der Waals surface area contributed by atoms with Crippen LogP contribution in [0.4, 0.5) is 0 Å². The van der Waals surface area contributed by atoms with Crippen LogP contribution in [0.5, 0.6) is 0 Å². The molecule has 0 radical (unpaired) electrons. The Labute approximate surface area is 41.7 Å². The van der Waals surface area contributed by atoms with Gasteiger partial charge in [-0.1, -0.05) is 0 Å². The fraction of sp³-hybridized carbons (Fsp3) is 0.667. The Morgan fingerprint density at radius 1 is 1.86 bits per heavy atom. The van der Waals surface area contributed by atoms with E-state index in [1.165, 1.54) is 0 Å². The van der Waals surface area contributed by atoms with Gasteiger partial charge in [0.15, 0.2) is 5.84 Å².